The Bertz CT molecular complexity index is 746. The Morgan fingerprint density at radius 2 is 2.00 bits per heavy atom. The third-order valence-electron chi connectivity index (χ3n) is 4.09. The summed E-state index contributed by atoms with van der Waals surface area (Å²) in [7, 11) is 0. The average Bonchev–Trinajstić information content (AvgIpc) is 2.67. The maximum absolute atomic E-state index is 13.1. The Labute approximate surface area is 150 Å². The molecule has 0 spiro atoms. The van der Waals surface area contributed by atoms with Crippen LogP contribution in [0.3, 0.4) is 0 Å². The van der Waals surface area contributed by atoms with E-state index in [9.17, 15) is 23.1 Å². The van der Waals surface area contributed by atoms with Gasteiger partial charge in [-0.25, -0.2) is 0 Å². The molecule has 1 fully saturated rings. The highest BCUT2D eigenvalue weighted by Crippen LogP contribution is 2.38. The summed E-state index contributed by atoms with van der Waals surface area (Å²) in [5, 5.41) is 18.8. The average molecular weight is 370 g/mol. The smallest absolute Gasteiger partial charge is 0.417 e. The van der Waals surface area contributed by atoms with Crippen LogP contribution < -0.4 is 4.74 Å². The Morgan fingerprint density at radius 1 is 1.38 bits per heavy atom. The van der Waals surface area contributed by atoms with Gasteiger partial charge in [0, 0.05) is 18.5 Å². The molecule has 1 aromatic rings. The number of nitrogens with zero attached hydrogens (tertiary/aromatic N) is 2. The SMILES string of the molecule is CC(C)(O)CN1CC(C)(C)[C@@H](Oc2ccc(C#N)c(C(F)(F)F)c2)C1=O. The van der Waals surface area contributed by atoms with Gasteiger partial charge < -0.3 is 14.7 Å². The van der Waals surface area contributed by atoms with Gasteiger partial charge in [-0.3, -0.25) is 4.79 Å². The van der Waals surface area contributed by atoms with Gasteiger partial charge in [0.15, 0.2) is 6.10 Å². The summed E-state index contributed by atoms with van der Waals surface area (Å²) >= 11 is 0. The number of halogens is 3. The monoisotopic (exact) mass is 370 g/mol. The van der Waals surface area contributed by atoms with Gasteiger partial charge >= 0.3 is 6.18 Å². The number of benzene rings is 1. The van der Waals surface area contributed by atoms with Crippen LogP contribution >= 0.6 is 0 Å². The van der Waals surface area contributed by atoms with Crippen molar-refractivity contribution in [1.82, 2.24) is 4.90 Å². The molecular weight excluding hydrogens is 349 g/mol. The lowest BCUT2D eigenvalue weighted by molar-refractivity contribution is -0.138. The van der Waals surface area contributed by atoms with Gasteiger partial charge in [-0.15, -0.1) is 0 Å². The molecule has 5 nitrogen and oxygen atoms in total. The molecule has 1 amide bonds. The maximum atomic E-state index is 13.1. The molecule has 1 heterocycles. The van der Waals surface area contributed by atoms with Crippen molar-refractivity contribution in [1.29, 1.82) is 5.26 Å². The van der Waals surface area contributed by atoms with Gasteiger partial charge in [-0.05, 0) is 32.0 Å². The molecule has 2 rings (SSSR count). The highest BCUT2D eigenvalue weighted by molar-refractivity contribution is 5.84. The summed E-state index contributed by atoms with van der Waals surface area (Å²) in [6, 6.07) is 4.51. The second-order valence-corrected chi connectivity index (χ2v) is 7.81. The van der Waals surface area contributed by atoms with Crippen molar-refractivity contribution in [2.45, 2.75) is 45.6 Å². The Kier molecular flexibility index (Phi) is 4.99. The lowest BCUT2D eigenvalue weighted by Crippen LogP contribution is -2.41. The highest BCUT2D eigenvalue weighted by Gasteiger charge is 2.49. The largest absolute Gasteiger partial charge is 0.480 e. The van der Waals surface area contributed by atoms with Crippen molar-refractivity contribution in [3.8, 4) is 11.8 Å². The van der Waals surface area contributed by atoms with Crippen molar-refractivity contribution in [3.63, 3.8) is 0 Å². The topological polar surface area (TPSA) is 73.6 Å². The van der Waals surface area contributed by atoms with Gasteiger partial charge in [-0.1, -0.05) is 13.8 Å². The van der Waals surface area contributed by atoms with Gasteiger partial charge in [0.05, 0.1) is 22.8 Å². The van der Waals surface area contributed by atoms with Crippen LogP contribution in [0.4, 0.5) is 13.2 Å². The summed E-state index contributed by atoms with van der Waals surface area (Å²) in [4.78, 5) is 14.1. The number of rotatable bonds is 4. The van der Waals surface area contributed by atoms with Gasteiger partial charge in [-0.2, -0.15) is 18.4 Å². The van der Waals surface area contributed by atoms with Crippen LogP contribution in [0.5, 0.6) is 5.75 Å². The number of hydrogen-bond donors (Lipinski definition) is 1. The van der Waals surface area contributed by atoms with Crippen molar-refractivity contribution in [2.24, 2.45) is 5.41 Å². The van der Waals surface area contributed by atoms with Crippen molar-refractivity contribution in [3.05, 3.63) is 29.3 Å². The van der Waals surface area contributed by atoms with Gasteiger partial charge in [0.2, 0.25) is 0 Å². The molecule has 1 aromatic carbocycles. The fourth-order valence-corrected chi connectivity index (χ4v) is 3.03. The van der Waals surface area contributed by atoms with E-state index in [-0.39, 0.29) is 12.3 Å². The van der Waals surface area contributed by atoms with Crippen LogP contribution in [-0.2, 0) is 11.0 Å². The molecule has 142 valence electrons. The third kappa shape index (κ3) is 4.28. The summed E-state index contributed by atoms with van der Waals surface area (Å²) in [5.74, 6) is -0.525. The van der Waals surface area contributed by atoms with E-state index in [2.05, 4.69) is 0 Å². The number of aliphatic hydroxyl groups is 1. The molecule has 26 heavy (non-hydrogen) atoms. The van der Waals surface area contributed by atoms with Crippen LogP contribution in [0.15, 0.2) is 18.2 Å². The zero-order valence-electron chi connectivity index (χ0n) is 15.0. The predicted octanol–water partition coefficient (Wildman–Crippen LogP) is 2.96. The zero-order chi connectivity index (χ0) is 19.9. The van der Waals surface area contributed by atoms with Crippen molar-refractivity contribution >= 4 is 5.91 Å². The summed E-state index contributed by atoms with van der Waals surface area (Å²) in [5.41, 5.74) is -3.37. The number of nitriles is 1. The van der Waals surface area contributed by atoms with E-state index >= 15 is 0 Å². The molecule has 0 saturated carbocycles. The number of ether oxygens (including phenoxy) is 1. The molecule has 0 aromatic heterocycles. The minimum atomic E-state index is -4.70. The Balaban J connectivity index is 2.30. The highest BCUT2D eigenvalue weighted by atomic mass is 19.4. The van der Waals surface area contributed by atoms with Crippen molar-refractivity contribution < 1.29 is 27.8 Å². The van der Waals surface area contributed by atoms with Crippen LogP contribution in [0, 0.1) is 16.7 Å². The number of alkyl halides is 3. The summed E-state index contributed by atoms with van der Waals surface area (Å²) in [6.45, 7) is 7.08. The number of carbonyl (C=O) groups excluding carboxylic acids is 1. The molecule has 1 aliphatic rings. The molecule has 1 atom stereocenters. The van der Waals surface area contributed by atoms with Crippen molar-refractivity contribution in [2.75, 3.05) is 13.1 Å². The lowest BCUT2D eigenvalue weighted by Gasteiger charge is -2.26. The molecule has 0 bridgehead atoms. The molecule has 1 saturated heterocycles. The molecule has 0 aliphatic carbocycles. The molecule has 0 radical (unpaired) electrons. The number of hydrogen-bond acceptors (Lipinski definition) is 4. The molecule has 1 aliphatic heterocycles. The Morgan fingerprint density at radius 3 is 2.50 bits per heavy atom. The van der Waals surface area contributed by atoms with E-state index in [4.69, 9.17) is 10.00 Å². The minimum Gasteiger partial charge on any atom is -0.480 e. The van der Waals surface area contributed by atoms with E-state index in [1.54, 1.807) is 27.7 Å². The molecular formula is C18H21F3N2O3. The number of carbonyl (C=O) groups is 1. The first-order valence-electron chi connectivity index (χ1n) is 8.04. The number of amides is 1. The van der Waals surface area contributed by atoms with E-state index in [1.165, 1.54) is 17.0 Å². The molecule has 1 N–H and O–H groups in total. The van der Waals surface area contributed by atoms with E-state index < -0.39 is 40.3 Å². The first-order valence-corrected chi connectivity index (χ1v) is 8.04. The first-order chi connectivity index (χ1) is 11.7. The normalized spacial score (nSPS) is 20.2. The van der Waals surface area contributed by atoms with E-state index in [0.29, 0.717) is 6.54 Å². The standard InChI is InChI=1S/C18H21F3N2O3/c1-16(2)9-23(10-17(3,4)25)15(24)14(16)26-12-6-5-11(8-22)13(7-12)18(19,20)21/h5-7,14,25H,9-10H2,1-4H3/t14-/m0/s1. The third-order valence-corrected chi connectivity index (χ3v) is 4.09. The molecule has 0 unspecified atom stereocenters. The van der Waals surface area contributed by atoms with E-state index in [1.807, 2.05) is 0 Å². The van der Waals surface area contributed by atoms with Crippen LogP contribution in [0.25, 0.3) is 0 Å². The Hall–Kier alpha value is -2.27. The second-order valence-electron chi connectivity index (χ2n) is 7.81. The molecule has 8 heteroatoms. The second kappa shape index (κ2) is 6.47. The van der Waals surface area contributed by atoms with Crippen LogP contribution in [0.1, 0.15) is 38.8 Å². The zero-order valence-corrected chi connectivity index (χ0v) is 15.0. The van der Waals surface area contributed by atoms with Crippen LogP contribution in [-0.4, -0.2) is 40.7 Å². The minimum absolute atomic E-state index is 0.0935. The maximum Gasteiger partial charge on any atom is 0.417 e. The summed E-state index contributed by atoms with van der Waals surface area (Å²) in [6.07, 6.45) is -5.69. The first kappa shape index (κ1) is 20.0. The van der Waals surface area contributed by atoms with Gasteiger partial charge in [0.1, 0.15) is 5.75 Å². The fourth-order valence-electron chi connectivity index (χ4n) is 3.03. The fraction of sp³-hybridized carbons (Fsp3) is 0.556. The predicted molar refractivity (Wildman–Crippen MR) is 87.2 cm³/mol. The number of β-amino-alcohol motifs (C(OH)–C–C–N with tert-alkyl or cyclic N) is 1. The quantitative estimate of drug-likeness (QED) is 0.884. The number of likely N-dealkylation sites (tertiary alicyclic amines) is 1. The van der Waals surface area contributed by atoms with E-state index in [0.717, 1.165) is 12.1 Å². The van der Waals surface area contributed by atoms with Crippen LogP contribution in [0.2, 0.25) is 0 Å². The lowest BCUT2D eigenvalue weighted by atomic mass is 9.89. The van der Waals surface area contributed by atoms with Gasteiger partial charge in [0.25, 0.3) is 5.91 Å². The summed E-state index contributed by atoms with van der Waals surface area (Å²) < 4.78 is 44.9.